The fourth-order valence-electron chi connectivity index (χ4n) is 6.30. The van der Waals surface area contributed by atoms with Crippen LogP contribution in [0.25, 0.3) is 0 Å². The average Bonchev–Trinajstić information content (AvgIpc) is 2.83. The lowest BCUT2D eigenvalue weighted by Crippen LogP contribution is -2.42. The third-order valence-electron chi connectivity index (χ3n) is 7.33. The van der Waals surface area contributed by atoms with E-state index < -0.39 is 0 Å². The van der Waals surface area contributed by atoms with E-state index in [2.05, 4.69) is 38.1 Å². The average molecular weight is 268 g/mol. The predicted octanol–water partition coefficient (Wildman–Crippen LogP) is 5.57. The maximum absolute atomic E-state index is 2.63. The van der Waals surface area contributed by atoms with E-state index >= 15 is 0 Å². The summed E-state index contributed by atoms with van der Waals surface area (Å²) in [5.74, 6) is 3.89. The second-order valence-electron chi connectivity index (χ2n) is 7.84. The normalized spacial score (nSPS) is 42.7. The van der Waals surface area contributed by atoms with Crippen molar-refractivity contribution in [3.8, 4) is 0 Å². The molecule has 0 aromatic heterocycles. The highest BCUT2D eigenvalue weighted by Crippen LogP contribution is 2.63. The molecule has 0 amide bonds. The van der Waals surface area contributed by atoms with Crippen LogP contribution in [0.1, 0.15) is 69.4 Å². The Labute approximate surface area is 124 Å². The Kier molecular flexibility index (Phi) is 2.98. The summed E-state index contributed by atoms with van der Waals surface area (Å²) in [6.07, 6.45) is 10.1. The molecule has 1 aromatic rings. The lowest BCUT2D eigenvalue weighted by atomic mass is 9.54. The number of aryl methyl sites for hydroxylation is 1. The third-order valence-corrected chi connectivity index (χ3v) is 7.33. The summed E-state index contributed by atoms with van der Waals surface area (Å²) in [6.45, 7) is 5.05. The first kappa shape index (κ1) is 12.9. The molecule has 0 spiro atoms. The first-order chi connectivity index (χ1) is 9.74. The predicted molar refractivity (Wildman–Crippen MR) is 84.8 cm³/mol. The Morgan fingerprint density at radius 1 is 1.10 bits per heavy atom. The van der Waals surface area contributed by atoms with E-state index in [0.29, 0.717) is 5.41 Å². The minimum atomic E-state index is 0.669. The van der Waals surface area contributed by atoms with Crippen molar-refractivity contribution in [1.82, 2.24) is 0 Å². The van der Waals surface area contributed by atoms with Crippen molar-refractivity contribution < 1.29 is 0 Å². The third kappa shape index (κ3) is 1.66. The van der Waals surface area contributed by atoms with Gasteiger partial charge in [-0.1, -0.05) is 44.5 Å². The van der Waals surface area contributed by atoms with E-state index in [0.717, 1.165) is 23.7 Å². The largest absolute Gasteiger partial charge is 0.0651 e. The van der Waals surface area contributed by atoms with Gasteiger partial charge in [-0.2, -0.15) is 0 Å². The van der Waals surface area contributed by atoms with Gasteiger partial charge in [-0.05, 0) is 78.7 Å². The number of hydrogen-bond donors (Lipinski definition) is 0. The molecule has 4 rings (SSSR count). The second-order valence-corrected chi connectivity index (χ2v) is 7.84. The molecule has 1 aromatic carbocycles. The van der Waals surface area contributed by atoms with Gasteiger partial charge in [0.25, 0.3) is 0 Å². The summed E-state index contributed by atoms with van der Waals surface area (Å²) in [7, 11) is 0. The molecule has 0 N–H and O–H groups in total. The van der Waals surface area contributed by atoms with Gasteiger partial charge in [0.05, 0.1) is 0 Å². The molecular weight excluding hydrogens is 240 g/mol. The molecule has 108 valence electrons. The molecule has 0 aliphatic heterocycles. The molecule has 0 bridgehead atoms. The van der Waals surface area contributed by atoms with Crippen LogP contribution in [-0.2, 0) is 6.42 Å². The van der Waals surface area contributed by atoms with Crippen molar-refractivity contribution in [1.29, 1.82) is 0 Å². The first-order valence-electron chi connectivity index (χ1n) is 8.82. The standard InChI is InChI=1S/C20H28/c1-3-15-9-11-19-18-10-8-14-6-4-5-7-16(14)17(18)12-13-20(15,19)2/h4-7,15,17-19H,3,8-13H2,1-2H3/t15-,17?,18?,19?,20+/m0/s1. The minimum Gasteiger partial charge on any atom is -0.0651 e. The maximum Gasteiger partial charge on any atom is -0.0128 e. The SMILES string of the molecule is CC[C@H]1CCC2C3CCc4ccccc4C3CC[C@@]21C. The Bertz CT molecular complexity index is 503. The molecule has 3 aliphatic rings. The van der Waals surface area contributed by atoms with Gasteiger partial charge in [0.15, 0.2) is 0 Å². The summed E-state index contributed by atoms with van der Waals surface area (Å²) in [4.78, 5) is 0. The van der Waals surface area contributed by atoms with Gasteiger partial charge in [0, 0.05) is 0 Å². The minimum absolute atomic E-state index is 0.669. The summed E-state index contributed by atoms with van der Waals surface area (Å²) in [5.41, 5.74) is 4.04. The van der Waals surface area contributed by atoms with Gasteiger partial charge < -0.3 is 0 Å². The molecule has 0 nitrogen and oxygen atoms in total. The monoisotopic (exact) mass is 268 g/mol. The maximum atomic E-state index is 2.63. The molecule has 0 radical (unpaired) electrons. The van der Waals surface area contributed by atoms with Crippen molar-refractivity contribution in [2.45, 2.75) is 64.7 Å². The molecule has 3 aliphatic carbocycles. The van der Waals surface area contributed by atoms with E-state index in [1.165, 1.54) is 44.9 Å². The first-order valence-corrected chi connectivity index (χ1v) is 8.82. The molecule has 3 unspecified atom stereocenters. The Hall–Kier alpha value is -0.780. The van der Waals surface area contributed by atoms with Gasteiger partial charge in [-0.25, -0.2) is 0 Å². The lowest BCUT2D eigenvalue weighted by molar-refractivity contribution is 0.0274. The summed E-state index contributed by atoms with van der Waals surface area (Å²) >= 11 is 0. The highest BCUT2D eigenvalue weighted by atomic mass is 14.6. The molecule has 0 saturated heterocycles. The molecule has 0 heterocycles. The number of hydrogen-bond acceptors (Lipinski definition) is 0. The van der Waals surface area contributed by atoms with Gasteiger partial charge in [-0.3, -0.25) is 0 Å². The molecule has 0 heteroatoms. The highest BCUT2D eigenvalue weighted by molar-refractivity contribution is 5.34. The smallest absolute Gasteiger partial charge is 0.0128 e. The van der Waals surface area contributed by atoms with E-state index in [1.807, 2.05) is 0 Å². The van der Waals surface area contributed by atoms with Crippen molar-refractivity contribution in [3.63, 3.8) is 0 Å². The van der Waals surface area contributed by atoms with Crippen LogP contribution < -0.4 is 0 Å². The number of rotatable bonds is 1. The van der Waals surface area contributed by atoms with E-state index in [9.17, 15) is 0 Å². The topological polar surface area (TPSA) is 0 Å². The van der Waals surface area contributed by atoms with Gasteiger partial charge in [-0.15, -0.1) is 0 Å². The lowest BCUT2D eigenvalue weighted by Gasteiger charge is -2.51. The fourth-order valence-corrected chi connectivity index (χ4v) is 6.30. The highest BCUT2D eigenvalue weighted by Gasteiger charge is 2.53. The van der Waals surface area contributed by atoms with Crippen LogP contribution in [0.2, 0.25) is 0 Å². The van der Waals surface area contributed by atoms with Crippen molar-refractivity contribution in [3.05, 3.63) is 35.4 Å². The molecule has 2 fully saturated rings. The Morgan fingerprint density at radius 3 is 2.80 bits per heavy atom. The Balaban J connectivity index is 1.69. The number of benzene rings is 1. The van der Waals surface area contributed by atoms with Crippen LogP contribution in [0, 0.1) is 23.2 Å². The van der Waals surface area contributed by atoms with Crippen LogP contribution in [-0.4, -0.2) is 0 Å². The van der Waals surface area contributed by atoms with E-state index in [4.69, 9.17) is 0 Å². The quantitative estimate of drug-likeness (QED) is 0.624. The Morgan fingerprint density at radius 2 is 1.95 bits per heavy atom. The molecular formula is C20H28. The molecule has 5 atom stereocenters. The van der Waals surface area contributed by atoms with Gasteiger partial charge in [0.2, 0.25) is 0 Å². The van der Waals surface area contributed by atoms with E-state index in [1.54, 1.807) is 11.1 Å². The van der Waals surface area contributed by atoms with Crippen LogP contribution in [0.3, 0.4) is 0 Å². The van der Waals surface area contributed by atoms with Crippen molar-refractivity contribution in [2.75, 3.05) is 0 Å². The van der Waals surface area contributed by atoms with Gasteiger partial charge >= 0.3 is 0 Å². The molecule has 20 heavy (non-hydrogen) atoms. The molecule has 2 saturated carbocycles. The van der Waals surface area contributed by atoms with Crippen LogP contribution in [0.5, 0.6) is 0 Å². The zero-order valence-electron chi connectivity index (χ0n) is 13.1. The summed E-state index contributed by atoms with van der Waals surface area (Å²) in [5, 5.41) is 0. The second kappa shape index (κ2) is 4.61. The summed E-state index contributed by atoms with van der Waals surface area (Å²) < 4.78 is 0. The zero-order chi connectivity index (χ0) is 13.7. The fraction of sp³-hybridized carbons (Fsp3) is 0.700. The summed E-state index contributed by atoms with van der Waals surface area (Å²) in [6, 6.07) is 9.30. The van der Waals surface area contributed by atoms with Crippen LogP contribution in [0.4, 0.5) is 0 Å². The van der Waals surface area contributed by atoms with Crippen LogP contribution >= 0.6 is 0 Å². The van der Waals surface area contributed by atoms with E-state index in [-0.39, 0.29) is 0 Å². The van der Waals surface area contributed by atoms with Crippen molar-refractivity contribution in [2.24, 2.45) is 23.2 Å². The number of fused-ring (bicyclic) bond motifs is 5. The zero-order valence-corrected chi connectivity index (χ0v) is 13.1. The van der Waals surface area contributed by atoms with Crippen LogP contribution in [0.15, 0.2) is 24.3 Å². The van der Waals surface area contributed by atoms with Crippen molar-refractivity contribution >= 4 is 0 Å². The van der Waals surface area contributed by atoms with Gasteiger partial charge in [0.1, 0.15) is 0 Å².